The van der Waals surface area contributed by atoms with Crippen molar-refractivity contribution in [1.82, 2.24) is 15.5 Å². The Morgan fingerprint density at radius 3 is 2.03 bits per heavy atom. The number of benzene rings is 1. The number of carbonyl (C=O) groups excluding carboxylic acids is 3. The van der Waals surface area contributed by atoms with Crippen LogP contribution in [-0.2, 0) is 14.3 Å². The lowest BCUT2D eigenvalue weighted by atomic mass is 9.97. The van der Waals surface area contributed by atoms with Gasteiger partial charge in [-0.15, -0.1) is 0 Å². The van der Waals surface area contributed by atoms with Gasteiger partial charge in [0.05, 0.1) is 0 Å². The van der Waals surface area contributed by atoms with E-state index in [0.717, 1.165) is 30.4 Å². The topological polar surface area (TPSA) is 87.7 Å². The first kappa shape index (κ1) is 31.5. The first-order valence-electron chi connectivity index (χ1n) is 13.2. The molecule has 0 bridgehead atoms. The molecule has 0 saturated heterocycles. The smallest absolute Gasteiger partial charge is 0.408 e. The molecule has 2 N–H and O–H groups in total. The maximum Gasteiger partial charge on any atom is 0.408 e. The summed E-state index contributed by atoms with van der Waals surface area (Å²) in [4.78, 5) is 42.1. The van der Waals surface area contributed by atoms with E-state index in [1.165, 1.54) is 0 Å². The fourth-order valence-electron chi connectivity index (χ4n) is 3.90. The first-order chi connectivity index (χ1) is 16.5. The second-order valence-electron chi connectivity index (χ2n) is 12.1. The van der Waals surface area contributed by atoms with Gasteiger partial charge in [-0.1, -0.05) is 63.4 Å². The number of amides is 3. The Kier molecular flexibility index (Phi) is 11.9. The largest absolute Gasteiger partial charge is 0.444 e. The molecule has 0 radical (unpaired) electrons. The highest BCUT2D eigenvalue weighted by atomic mass is 16.6. The molecule has 1 aromatic rings. The molecule has 0 spiro atoms. The summed E-state index contributed by atoms with van der Waals surface area (Å²) < 4.78 is 5.45. The van der Waals surface area contributed by atoms with E-state index in [1.54, 1.807) is 25.7 Å². The second-order valence-corrected chi connectivity index (χ2v) is 12.1. The molecule has 7 heteroatoms. The molecule has 3 amide bonds. The SMILES string of the molecule is CCCCCN(C(=O)C(CC(C)C)NC(=O)OC(C)(C)C)C(C(=O)NC(C)(C)C)c1ccc(C)cc1. The quantitative estimate of drug-likeness (QED) is 0.368. The number of hydrogen-bond donors (Lipinski definition) is 2. The molecule has 0 aromatic heterocycles. The lowest BCUT2D eigenvalue weighted by Gasteiger charge is -2.36. The Morgan fingerprint density at radius 1 is 0.972 bits per heavy atom. The standard InChI is InChI=1S/C29H49N3O4/c1-11-12-13-18-32(26(34)23(19-20(2)3)30-27(35)36-29(8,9)10)24(25(33)31-28(5,6)7)22-16-14-21(4)15-17-22/h14-17,20,23-24H,11-13,18-19H2,1-10H3,(H,30,35)(H,31,33). The number of unbranched alkanes of at least 4 members (excludes halogenated alkanes) is 2. The normalized spacial score (nSPS) is 13.6. The lowest BCUT2D eigenvalue weighted by Crippen LogP contribution is -2.55. The molecule has 0 aliphatic carbocycles. The van der Waals surface area contributed by atoms with Crippen LogP contribution in [0, 0.1) is 12.8 Å². The van der Waals surface area contributed by atoms with E-state index in [-0.39, 0.29) is 17.7 Å². The highest BCUT2D eigenvalue weighted by molar-refractivity contribution is 5.92. The van der Waals surface area contributed by atoms with Crippen LogP contribution >= 0.6 is 0 Å². The van der Waals surface area contributed by atoms with Crippen molar-refractivity contribution < 1.29 is 19.1 Å². The number of carbonyl (C=O) groups is 3. The molecule has 1 rings (SSSR count). The third-order valence-corrected chi connectivity index (χ3v) is 5.43. The van der Waals surface area contributed by atoms with Crippen molar-refractivity contribution in [3.8, 4) is 0 Å². The van der Waals surface area contributed by atoms with E-state index in [9.17, 15) is 14.4 Å². The molecule has 0 heterocycles. The zero-order valence-electron chi connectivity index (χ0n) is 24.2. The van der Waals surface area contributed by atoms with Crippen LogP contribution in [0.4, 0.5) is 4.79 Å². The summed E-state index contributed by atoms with van der Waals surface area (Å²) in [6.45, 7) is 19.6. The predicted octanol–water partition coefficient (Wildman–Crippen LogP) is 5.91. The summed E-state index contributed by atoms with van der Waals surface area (Å²) in [7, 11) is 0. The van der Waals surface area contributed by atoms with Crippen molar-refractivity contribution in [2.45, 2.75) is 118 Å². The van der Waals surface area contributed by atoms with Gasteiger partial charge in [-0.05, 0) is 72.8 Å². The number of alkyl carbamates (subject to hydrolysis) is 1. The highest BCUT2D eigenvalue weighted by Gasteiger charge is 2.37. The third kappa shape index (κ3) is 11.4. The van der Waals surface area contributed by atoms with Crippen LogP contribution in [0.2, 0.25) is 0 Å². The van der Waals surface area contributed by atoms with Crippen LogP contribution in [0.1, 0.15) is 105 Å². The van der Waals surface area contributed by atoms with Gasteiger partial charge in [0.2, 0.25) is 11.8 Å². The number of nitrogens with zero attached hydrogens (tertiary/aromatic N) is 1. The summed E-state index contributed by atoms with van der Waals surface area (Å²) in [5.74, 6) is -0.371. The lowest BCUT2D eigenvalue weighted by molar-refractivity contribution is -0.143. The second kappa shape index (κ2) is 13.7. The molecule has 204 valence electrons. The van der Waals surface area contributed by atoms with Crippen molar-refractivity contribution in [3.05, 3.63) is 35.4 Å². The average Bonchev–Trinajstić information content (AvgIpc) is 2.70. The summed E-state index contributed by atoms with van der Waals surface area (Å²) in [5, 5.41) is 5.86. The van der Waals surface area contributed by atoms with Crippen LogP contribution in [0.5, 0.6) is 0 Å². The van der Waals surface area contributed by atoms with E-state index in [0.29, 0.717) is 13.0 Å². The van der Waals surface area contributed by atoms with Crippen LogP contribution < -0.4 is 10.6 Å². The first-order valence-corrected chi connectivity index (χ1v) is 13.2. The van der Waals surface area contributed by atoms with Crippen molar-refractivity contribution in [2.24, 2.45) is 5.92 Å². The fraction of sp³-hybridized carbons (Fsp3) is 0.690. The van der Waals surface area contributed by atoms with Gasteiger partial charge in [0.15, 0.2) is 0 Å². The van der Waals surface area contributed by atoms with Gasteiger partial charge in [-0.2, -0.15) is 0 Å². The van der Waals surface area contributed by atoms with E-state index in [1.807, 2.05) is 65.8 Å². The summed E-state index contributed by atoms with van der Waals surface area (Å²) >= 11 is 0. The summed E-state index contributed by atoms with van der Waals surface area (Å²) in [6, 6.07) is 6.08. The minimum absolute atomic E-state index is 0.146. The molecule has 2 unspecified atom stereocenters. The van der Waals surface area contributed by atoms with Gasteiger partial charge in [-0.25, -0.2) is 4.79 Å². The van der Waals surface area contributed by atoms with Gasteiger partial charge in [0, 0.05) is 12.1 Å². The molecular formula is C29H49N3O4. The minimum Gasteiger partial charge on any atom is -0.444 e. The van der Waals surface area contributed by atoms with Crippen molar-refractivity contribution >= 4 is 17.9 Å². The van der Waals surface area contributed by atoms with Crippen molar-refractivity contribution in [2.75, 3.05) is 6.54 Å². The molecule has 0 aliphatic rings. The van der Waals surface area contributed by atoms with Crippen molar-refractivity contribution in [1.29, 1.82) is 0 Å². The van der Waals surface area contributed by atoms with Gasteiger partial charge in [0.25, 0.3) is 0 Å². The summed E-state index contributed by atoms with van der Waals surface area (Å²) in [6.07, 6.45) is 2.47. The maximum absolute atomic E-state index is 14.1. The zero-order valence-corrected chi connectivity index (χ0v) is 24.2. The van der Waals surface area contributed by atoms with E-state index in [2.05, 4.69) is 17.6 Å². The Balaban J connectivity index is 3.49. The number of ether oxygens (including phenoxy) is 1. The maximum atomic E-state index is 14.1. The third-order valence-electron chi connectivity index (χ3n) is 5.43. The molecule has 0 saturated carbocycles. The average molecular weight is 504 g/mol. The van der Waals surface area contributed by atoms with Gasteiger partial charge < -0.3 is 20.3 Å². The number of nitrogens with one attached hydrogen (secondary N) is 2. The molecular weight excluding hydrogens is 454 g/mol. The predicted molar refractivity (Wildman–Crippen MR) is 146 cm³/mol. The Bertz CT molecular complexity index is 851. The molecule has 7 nitrogen and oxygen atoms in total. The number of hydrogen-bond acceptors (Lipinski definition) is 4. The molecule has 1 aromatic carbocycles. The monoisotopic (exact) mass is 503 g/mol. The van der Waals surface area contributed by atoms with E-state index in [4.69, 9.17) is 4.74 Å². The highest BCUT2D eigenvalue weighted by Crippen LogP contribution is 2.26. The van der Waals surface area contributed by atoms with Crippen molar-refractivity contribution in [3.63, 3.8) is 0 Å². The van der Waals surface area contributed by atoms with E-state index < -0.39 is 29.3 Å². The van der Waals surface area contributed by atoms with Crippen LogP contribution in [0.25, 0.3) is 0 Å². The van der Waals surface area contributed by atoms with Crippen LogP contribution in [0.3, 0.4) is 0 Å². The Morgan fingerprint density at radius 2 is 1.56 bits per heavy atom. The minimum atomic E-state index is -0.815. The van der Waals surface area contributed by atoms with Gasteiger partial charge in [0.1, 0.15) is 17.7 Å². The Labute approximate surface area is 218 Å². The van der Waals surface area contributed by atoms with Crippen LogP contribution in [0.15, 0.2) is 24.3 Å². The van der Waals surface area contributed by atoms with Gasteiger partial charge in [-0.3, -0.25) is 9.59 Å². The molecule has 2 atom stereocenters. The van der Waals surface area contributed by atoms with Gasteiger partial charge >= 0.3 is 6.09 Å². The molecule has 36 heavy (non-hydrogen) atoms. The van der Waals surface area contributed by atoms with E-state index >= 15 is 0 Å². The number of aryl methyl sites for hydroxylation is 1. The molecule has 0 fully saturated rings. The zero-order chi connectivity index (χ0) is 27.7. The fourth-order valence-corrected chi connectivity index (χ4v) is 3.90. The summed E-state index contributed by atoms with van der Waals surface area (Å²) in [5.41, 5.74) is 0.659. The van der Waals surface area contributed by atoms with Crippen LogP contribution in [-0.4, -0.2) is 46.5 Å². The number of rotatable bonds is 11. The Hall–Kier alpha value is -2.57. The molecule has 0 aliphatic heterocycles.